The van der Waals surface area contributed by atoms with Crippen molar-refractivity contribution in [3.8, 4) is 0 Å². The minimum absolute atomic E-state index is 0. The first-order chi connectivity index (χ1) is 10.0. The fraction of sp³-hybridized carbons (Fsp3) is 0.867. The predicted octanol–water partition coefficient (Wildman–Crippen LogP) is 2.48. The van der Waals surface area contributed by atoms with E-state index < -0.39 is 0 Å². The first-order valence-corrected chi connectivity index (χ1v) is 8.03. The number of hydrogen-bond acceptors (Lipinski definition) is 3. The van der Waals surface area contributed by atoms with Crippen LogP contribution in [0.4, 0.5) is 4.79 Å². The smallest absolute Gasteiger partial charge is 0.407 e. The average Bonchev–Trinajstić information content (AvgIpc) is 3.19. The minimum atomic E-state index is -0.362. The Morgan fingerprint density at radius 2 is 2.00 bits per heavy atom. The summed E-state index contributed by atoms with van der Waals surface area (Å²) in [6.45, 7) is 9.89. The molecular formula is C15H31IN4O2. The summed E-state index contributed by atoms with van der Waals surface area (Å²) in [6.07, 6.45) is 2.94. The number of alkyl carbamates (subject to hydrolysis) is 1. The Hall–Kier alpha value is -0.730. The van der Waals surface area contributed by atoms with Gasteiger partial charge in [0.2, 0.25) is 0 Å². The van der Waals surface area contributed by atoms with Crippen LogP contribution in [0.2, 0.25) is 0 Å². The van der Waals surface area contributed by atoms with Gasteiger partial charge in [-0.1, -0.05) is 13.8 Å². The lowest BCUT2D eigenvalue weighted by Gasteiger charge is -2.19. The normalized spacial score (nSPS) is 15.8. The Balaban J connectivity index is 0.00000441. The van der Waals surface area contributed by atoms with Gasteiger partial charge in [-0.3, -0.25) is 4.99 Å². The second kappa shape index (κ2) is 11.8. The summed E-state index contributed by atoms with van der Waals surface area (Å²) < 4.78 is 4.95. The Morgan fingerprint density at radius 3 is 2.50 bits per heavy atom. The van der Waals surface area contributed by atoms with Gasteiger partial charge in [0.15, 0.2) is 5.96 Å². The number of carbonyl (C=O) groups excluding carboxylic acids is 1. The van der Waals surface area contributed by atoms with Gasteiger partial charge in [0.1, 0.15) is 0 Å². The maximum Gasteiger partial charge on any atom is 0.407 e. The molecule has 1 rings (SSSR count). The van der Waals surface area contributed by atoms with Gasteiger partial charge in [-0.15, -0.1) is 24.0 Å². The van der Waals surface area contributed by atoms with Gasteiger partial charge in [0, 0.05) is 12.6 Å². The molecule has 1 amide bonds. The number of guanidine groups is 1. The maximum atomic E-state index is 11.6. The van der Waals surface area contributed by atoms with Crippen LogP contribution in [0.5, 0.6) is 0 Å². The molecule has 3 N–H and O–H groups in total. The zero-order valence-corrected chi connectivity index (χ0v) is 16.5. The number of aliphatic imine (C=N–C) groups is 1. The molecule has 1 saturated carbocycles. The molecule has 1 unspecified atom stereocenters. The number of ether oxygens (including phenoxy) is 1. The molecule has 6 nitrogen and oxygen atoms in total. The van der Waals surface area contributed by atoms with E-state index in [4.69, 9.17) is 4.74 Å². The van der Waals surface area contributed by atoms with Gasteiger partial charge < -0.3 is 20.7 Å². The van der Waals surface area contributed by atoms with Crippen LogP contribution in [-0.2, 0) is 4.74 Å². The van der Waals surface area contributed by atoms with Crippen LogP contribution in [0.15, 0.2) is 4.99 Å². The molecule has 1 aliphatic rings. The summed E-state index contributed by atoms with van der Waals surface area (Å²) in [5, 5.41) is 9.50. The summed E-state index contributed by atoms with van der Waals surface area (Å²) in [6, 6.07) is 0.558. The summed E-state index contributed by atoms with van der Waals surface area (Å²) in [5.41, 5.74) is 0. The van der Waals surface area contributed by atoms with Crippen molar-refractivity contribution in [1.29, 1.82) is 0 Å². The van der Waals surface area contributed by atoms with Gasteiger partial charge in [0.25, 0.3) is 0 Å². The van der Waals surface area contributed by atoms with Crippen molar-refractivity contribution < 1.29 is 9.53 Å². The fourth-order valence-corrected chi connectivity index (χ4v) is 2.03. The third kappa shape index (κ3) is 10.1. The highest BCUT2D eigenvalue weighted by Crippen LogP contribution is 2.18. The molecule has 0 aromatic carbocycles. The molecule has 7 heteroatoms. The molecule has 1 aliphatic carbocycles. The van der Waals surface area contributed by atoms with Crippen molar-refractivity contribution in [1.82, 2.24) is 16.0 Å². The van der Waals surface area contributed by atoms with Crippen LogP contribution in [0, 0.1) is 5.92 Å². The first kappa shape index (κ1) is 21.3. The summed E-state index contributed by atoms with van der Waals surface area (Å²) in [7, 11) is 0. The van der Waals surface area contributed by atoms with E-state index >= 15 is 0 Å². The highest BCUT2D eigenvalue weighted by Gasteiger charge is 2.22. The van der Waals surface area contributed by atoms with E-state index in [-0.39, 0.29) is 36.1 Å². The van der Waals surface area contributed by atoms with Crippen LogP contribution in [-0.4, -0.2) is 43.8 Å². The van der Waals surface area contributed by atoms with E-state index in [1.165, 1.54) is 12.8 Å². The molecule has 0 radical (unpaired) electrons. The van der Waals surface area contributed by atoms with Gasteiger partial charge >= 0.3 is 6.09 Å². The van der Waals surface area contributed by atoms with E-state index in [0.717, 1.165) is 18.9 Å². The maximum absolute atomic E-state index is 11.6. The zero-order valence-electron chi connectivity index (χ0n) is 14.1. The van der Waals surface area contributed by atoms with Gasteiger partial charge in [-0.2, -0.15) is 0 Å². The van der Waals surface area contributed by atoms with Gasteiger partial charge in [-0.25, -0.2) is 4.79 Å². The number of nitrogens with zero attached hydrogens (tertiary/aromatic N) is 1. The molecule has 0 aromatic heterocycles. The van der Waals surface area contributed by atoms with Gasteiger partial charge in [0.05, 0.1) is 19.2 Å². The number of amides is 1. The highest BCUT2D eigenvalue weighted by atomic mass is 127. The minimum Gasteiger partial charge on any atom is -0.450 e. The molecule has 0 bridgehead atoms. The lowest BCUT2D eigenvalue weighted by Crippen LogP contribution is -2.42. The van der Waals surface area contributed by atoms with Crippen LogP contribution in [0.25, 0.3) is 0 Å². The van der Waals surface area contributed by atoms with Crippen molar-refractivity contribution >= 4 is 36.0 Å². The number of hydrogen-bond donors (Lipinski definition) is 3. The molecular weight excluding hydrogens is 395 g/mol. The lowest BCUT2D eigenvalue weighted by molar-refractivity contribution is 0.147. The first-order valence-electron chi connectivity index (χ1n) is 8.03. The topological polar surface area (TPSA) is 74.8 Å². The number of carbonyl (C=O) groups is 1. The Bertz CT molecular complexity index is 346. The molecule has 1 fully saturated rings. The summed E-state index contributed by atoms with van der Waals surface area (Å²) in [5.74, 6) is 1.32. The summed E-state index contributed by atoms with van der Waals surface area (Å²) in [4.78, 5) is 16.2. The van der Waals surface area contributed by atoms with Gasteiger partial charge in [-0.05, 0) is 39.0 Å². The van der Waals surface area contributed by atoms with Crippen molar-refractivity contribution in [2.75, 3.05) is 19.7 Å². The molecule has 22 heavy (non-hydrogen) atoms. The molecule has 0 heterocycles. The third-order valence-corrected chi connectivity index (χ3v) is 3.09. The molecule has 0 aromatic rings. The number of rotatable bonds is 8. The lowest BCUT2D eigenvalue weighted by atomic mass is 10.0. The van der Waals surface area contributed by atoms with Crippen molar-refractivity contribution in [2.24, 2.45) is 10.9 Å². The molecule has 130 valence electrons. The fourth-order valence-electron chi connectivity index (χ4n) is 2.03. The largest absolute Gasteiger partial charge is 0.450 e. The zero-order chi connectivity index (χ0) is 15.7. The number of halogens is 1. The Morgan fingerprint density at radius 1 is 1.32 bits per heavy atom. The average molecular weight is 426 g/mol. The number of nitrogens with one attached hydrogen (secondary N) is 3. The van der Waals surface area contributed by atoms with Crippen LogP contribution in [0.1, 0.15) is 47.0 Å². The van der Waals surface area contributed by atoms with Crippen LogP contribution >= 0.6 is 24.0 Å². The third-order valence-electron chi connectivity index (χ3n) is 3.09. The summed E-state index contributed by atoms with van der Waals surface area (Å²) >= 11 is 0. The van der Waals surface area contributed by atoms with Crippen LogP contribution in [0.3, 0.4) is 0 Å². The predicted molar refractivity (Wildman–Crippen MR) is 101 cm³/mol. The van der Waals surface area contributed by atoms with Crippen molar-refractivity contribution in [3.63, 3.8) is 0 Å². The van der Waals surface area contributed by atoms with Crippen molar-refractivity contribution in [3.05, 3.63) is 0 Å². The van der Waals surface area contributed by atoms with Crippen molar-refractivity contribution in [2.45, 2.75) is 59.0 Å². The van der Waals surface area contributed by atoms with E-state index in [0.29, 0.717) is 25.1 Å². The molecule has 0 saturated heterocycles. The standard InChI is InChI=1S/C15H30N4O2.HI/c1-5-16-14(18-12-7-8-12)17-10-13(9-11(3)4)19-15(20)21-6-2;/h11-13H,5-10H2,1-4H3,(H,19,20)(H2,16,17,18);1H. The Kier molecular flexibility index (Phi) is 11.4. The quantitative estimate of drug-likeness (QED) is 0.317. The van der Waals surface area contributed by atoms with E-state index in [2.05, 4.69) is 34.8 Å². The molecule has 0 spiro atoms. The van der Waals surface area contributed by atoms with E-state index in [1.807, 2.05) is 6.92 Å². The molecule has 1 atom stereocenters. The van der Waals surface area contributed by atoms with Crippen LogP contribution < -0.4 is 16.0 Å². The Labute approximate surface area is 151 Å². The molecule has 0 aliphatic heterocycles. The second-order valence-corrected chi connectivity index (χ2v) is 5.83. The van der Waals surface area contributed by atoms with E-state index in [1.54, 1.807) is 6.92 Å². The van der Waals surface area contributed by atoms with E-state index in [9.17, 15) is 4.79 Å². The second-order valence-electron chi connectivity index (χ2n) is 5.83. The highest BCUT2D eigenvalue weighted by molar-refractivity contribution is 14.0. The SMILES string of the molecule is CCNC(=NCC(CC(C)C)NC(=O)OCC)NC1CC1.I. The monoisotopic (exact) mass is 426 g/mol.